The average Bonchev–Trinajstić information content (AvgIpc) is 3.27. The second-order valence-electron chi connectivity index (χ2n) is 5.50. The molecule has 3 aromatic rings. The van der Waals surface area contributed by atoms with E-state index in [9.17, 15) is 9.90 Å². The molecule has 1 amide bonds. The minimum absolute atomic E-state index is 0.0279. The second kappa shape index (κ2) is 7.56. The van der Waals surface area contributed by atoms with Gasteiger partial charge in [-0.1, -0.05) is 6.07 Å². The van der Waals surface area contributed by atoms with Gasteiger partial charge in [-0.25, -0.2) is 5.43 Å². The van der Waals surface area contributed by atoms with Gasteiger partial charge in [-0.05, 0) is 37.3 Å². The molecule has 0 spiro atoms. The largest absolute Gasteiger partial charge is 0.504 e. The van der Waals surface area contributed by atoms with Gasteiger partial charge in [-0.3, -0.25) is 9.89 Å². The minimum atomic E-state index is -0.435. The lowest BCUT2D eigenvalue weighted by Gasteiger charge is -2.07. The molecule has 0 radical (unpaired) electrons. The van der Waals surface area contributed by atoms with Crippen LogP contribution in [-0.2, 0) is 7.05 Å². The molecule has 0 unspecified atom stereocenters. The normalized spacial score (nSPS) is 11.0. The van der Waals surface area contributed by atoms with Crippen LogP contribution in [0.2, 0.25) is 0 Å². The number of aromatic amines is 1. The minimum Gasteiger partial charge on any atom is -0.504 e. The van der Waals surface area contributed by atoms with E-state index >= 15 is 0 Å². The van der Waals surface area contributed by atoms with Crippen LogP contribution in [-0.4, -0.2) is 38.6 Å². The highest BCUT2D eigenvalue weighted by Gasteiger charge is 2.12. The van der Waals surface area contributed by atoms with Crippen LogP contribution in [0.25, 0.3) is 11.4 Å². The average molecular weight is 353 g/mol. The molecule has 8 nitrogen and oxygen atoms in total. The first-order chi connectivity index (χ1) is 12.6. The molecule has 0 bridgehead atoms. The van der Waals surface area contributed by atoms with Gasteiger partial charge >= 0.3 is 0 Å². The number of benzene rings is 1. The summed E-state index contributed by atoms with van der Waals surface area (Å²) >= 11 is 0. The van der Waals surface area contributed by atoms with Crippen LogP contribution in [0.15, 0.2) is 47.7 Å². The van der Waals surface area contributed by atoms with Crippen molar-refractivity contribution < 1.29 is 14.6 Å². The number of carbonyl (C=O) groups is 1. The first-order valence-corrected chi connectivity index (χ1v) is 8.05. The Morgan fingerprint density at radius 3 is 3.00 bits per heavy atom. The molecular formula is C18H19N5O3. The number of nitrogens with one attached hydrogen (secondary N) is 2. The summed E-state index contributed by atoms with van der Waals surface area (Å²) in [5.74, 6) is -0.0990. The number of aromatic nitrogens is 3. The lowest BCUT2D eigenvalue weighted by atomic mass is 10.2. The van der Waals surface area contributed by atoms with Gasteiger partial charge in [0.05, 0.1) is 18.5 Å². The molecule has 0 fully saturated rings. The Morgan fingerprint density at radius 2 is 2.27 bits per heavy atom. The third-order valence-corrected chi connectivity index (χ3v) is 3.73. The molecule has 0 atom stereocenters. The van der Waals surface area contributed by atoms with E-state index in [1.165, 1.54) is 6.21 Å². The van der Waals surface area contributed by atoms with Crippen molar-refractivity contribution in [3.05, 3.63) is 53.9 Å². The molecule has 0 aliphatic rings. The first kappa shape index (κ1) is 17.3. The summed E-state index contributed by atoms with van der Waals surface area (Å²) in [6.45, 7) is 2.27. The number of para-hydroxylation sites is 1. The molecular weight excluding hydrogens is 334 g/mol. The Bertz CT molecular complexity index is 942. The number of amides is 1. The summed E-state index contributed by atoms with van der Waals surface area (Å²) < 4.78 is 7.21. The van der Waals surface area contributed by atoms with Crippen LogP contribution < -0.4 is 10.2 Å². The summed E-state index contributed by atoms with van der Waals surface area (Å²) in [7, 11) is 1.90. The van der Waals surface area contributed by atoms with Crippen LogP contribution in [0.3, 0.4) is 0 Å². The van der Waals surface area contributed by atoms with Gasteiger partial charge in [0.2, 0.25) is 0 Å². The predicted octanol–water partition coefficient (Wildman–Crippen LogP) is 2.28. The van der Waals surface area contributed by atoms with E-state index < -0.39 is 5.91 Å². The van der Waals surface area contributed by atoms with E-state index in [0.717, 1.165) is 5.69 Å². The van der Waals surface area contributed by atoms with Crippen molar-refractivity contribution in [1.29, 1.82) is 0 Å². The topological polar surface area (TPSA) is 105 Å². The number of aromatic hydroxyl groups is 1. The lowest BCUT2D eigenvalue weighted by molar-refractivity contribution is 0.0950. The SMILES string of the molecule is CCOc1cccc(/C=N\NC(=O)c2cc(-c3cccn3C)n[nH]2)c1O. The van der Waals surface area contributed by atoms with Gasteiger partial charge in [0, 0.05) is 18.8 Å². The number of nitrogens with zero attached hydrogens (tertiary/aromatic N) is 3. The number of ether oxygens (including phenoxy) is 1. The molecule has 0 aliphatic carbocycles. The maximum Gasteiger partial charge on any atom is 0.289 e. The number of H-pyrrole nitrogens is 1. The Hall–Kier alpha value is -3.55. The number of phenols is 1. The Labute approximate surface area is 150 Å². The molecule has 8 heteroatoms. The maximum atomic E-state index is 12.2. The zero-order valence-corrected chi connectivity index (χ0v) is 14.4. The summed E-state index contributed by atoms with van der Waals surface area (Å²) in [6, 6.07) is 10.5. The number of hydrogen-bond donors (Lipinski definition) is 3. The Balaban J connectivity index is 1.68. The highest BCUT2D eigenvalue weighted by molar-refractivity contribution is 5.94. The third-order valence-electron chi connectivity index (χ3n) is 3.73. The molecule has 2 heterocycles. The second-order valence-corrected chi connectivity index (χ2v) is 5.50. The number of rotatable bonds is 6. The molecule has 26 heavy (non-hydrogen) atoms. The third kappa shape index (κ3) is 3.59. The maximum absolute atomic E-state index is 12.2. The van der Waals surface area contributed by atoms with E-state index in [1.807, 2.05) is 36.9 Å². The predicted molar refractivity (Wildman–Crippen MR) is 97.3 cm³/mol. The molecule has 0 aliphatic heterocycles. The Morgan fingerprint density at radius 1 is 1.42 bits per heavy atom. The molecule has 3 N–H and O–H groups in total. The van der Waals surface area contributed by atoms with Gasteiger partial charge in [0.1, 0.15) is 11.4 Å². The fourth-order valence-electron chi connectivity index (χ4n) is 2.43. The standard InChI is InChI=1S/C18H19N5O3/c1-3-26-16-8-4-6-12(17(16)24)11-19-22-18(25)14-10-13(20-21-14)15-7-5-9-23(15)2/h4-11,24H,3H2,1-2H3,(H,20,21)(H,22,25)/b19-11-. The van der Waals surface area contributed by atoms with E-state index in [-0.39, 0.29) is 11.4 Å². The zero-order chi connectivity index (χ0) is 18.5. The van der Waals surface area contributed by atoms with Crippen LogP contribution in [0, 0.1) is 0 Å². The summed E-state index contributed by atoms with van der Waals surface area (Å²) in [6.07, 6.45) is 3.25. The molecule has 3 rings (SSSR count). The number of carbonyl (C=O) groups excluding carboxylic acids is 1. The fourth-order valence-corrected chi connectivity index (χ4v) is 2.43. The first-order valence-electron chi connectivity index (χ1n) is 8.05. The Kier molecular flexibility index (Phi) is 5.02. The zero-order valence-electron chi connectivity index (χ0n) is 14.4. The van der Waals surface area contributed by atoms with Crippen molar-refractivity contribution >= 4 is 12.1 Å². The molecule has 0 saturated heterocycles. The molecule has 2 aromatic heterocycles. The van der Waals surface area contributed by atoms with Crippen LogP contribution >= 0.6 is 0 Å². The van der Waals surface area contributed by atoms with Gasteiger partial charge in [-0.2, -0.15) is 10.2 Å². The van der Waals surface area contributed by atoms with Crippen molar-refractivity contribution in [2.24, 2.45) is 12.1 Å². The number of hydrogen-bond acceptors (Lipinski definition) is 5. The van der Waals surface area contributed by atoms with Crippen molar-refractivity contribution in [3.63, 3.8) is 0 Å². The quantitative estimate of drug-likeness (QED) is 0.467. The lowest BCUT2D eigenvalue weighted by Crippen LogP contribution is -2.18. The van der Waals surface area contributed by atoms with Crippen molar-refractivity contribution in [3.8, 4) is 22.9 Å². The smallest absolute Gasteiger partial charge is 0.289 e. The highest BCUT2D eigenvalue weighted by Crippen LogP contribution is 2.28. The van der Waals surface area contributed by atoms with E-state index in [0.29, 0.717) is 23.6 Å². The summed E-state index contributed by atoms with van der Waals surface area (Å²) in [4.78, 5) is 12.2. The molecule has 134 valence electrons. The van der Waals surface area contributed by atoms with E-state index in [2.05, 4.69) is 20.7 Å². The number of hydrazone groups is 1. The summed E-state index contributed by atoms with van der Waals surface area (Å²) in [5.41, 5.74) is 4.67. The van der Waals surface area contributed by atoms with Gasteiger partial charge in [-0.15, -0.1) is 0 Å². The highest BCUT2D eigenvalue weighted by atomic mass is 16.5. The monoisotopic (exact) mass is 353 g/mol. The van der Waals surface area contributed by atoms with Gasteiger partial charge < -0.3 is 14.4 Å². The van der Waals surface area contributed by atoms with E-state index in [1.54, 1.807) is 24.3 Å². The van der Waals surface area contributed by atoms with E-state index in [4.69, 9.17) is 4.74 Å². The van der Waals surface area contributed by atoms with Crippen LogP contribution in [0.1, 0.15) is 23.0 Å². The van der Waals surface area contributed by atoms with Crippen molar-refractivity contribution in [2.45, 2.75) is 6.92 Å². The van der Waals surface area contributed by atoms with Crippen molar-refractivity contribution in [2.75, 3.05) is 6.61 Å². The van der Waals surface area contributed by atoms with Crippen LogP contribution in [0.5, 0.6) is 11.5 Å². The number of aryl methyl sites for hydroxylation is 1. The summed E-state index contributed by atoms with van der Waals surface area (Å²) in [5, 5.41) is 20.8. The number of phenolic OH excluding ortho intramolecular Hbond substituents is 1. The molecule has 1 aromatic carbocycles. The molecule has 0 saturated carbocycles. The van der Waals surface area contributed by atoms with Crippen molar-refractivity contribution in [1.82, 2.24) is 20.2 Å². The van der Waals surface area contributed by atoms with Gasteiger partial charge in [0.15, 0.2) is 11.5 Å². The van der Waals surface area contributed by atoms with Gasteiger partial charge in [0.25, 0.3) is 5.91 Å². The fraction of sp³-hybridized carbons (Fsp3) is 0.167. The van der Waals surface area contributed by atoms with Crippen LogP contribution in [0.4, 0.5) is 0 Å².